The number of carbonyl (C=O) groups is 2. The Hall–Kier alpha value is -1.53. The first kappa shape index (κ1) is 14.5. The Morgan fingerprint density at radius 1 is 1.44 bits per heavy atom. The van der Waals surface area contributed by atoms with Crippen molar-refractivity contribution in [3.8, 4) is 0 Å². The Bertz CT molecular complexity index is 468. The van der Waals surface area contributed by atoms with E-state index in [1.165, 1.54) is 12.1 Å². The standard InChI is InChI=1S/C10H11Cl2N3O3/c1-5(13-10(17)18)4-8(16)14-6-2-3-7(11)15-9(6)12/h2-3,5,13H,4H2,1H3,(H,14,16)(H,17,18). The van der Waals surface area contributed by atoms with Gasteiger partial charge < -0.3 is 15.7 Å². The molecule has 6 nitrogen and oxygen atoms in total. The zero-order chi connectivity index (χ0) is 13.7. The van der Waals surface area contributed by atoms with E-state index in [-0.39, 0.29) is 22.6 Å². The van der Waals surface area contributed by atoms with Gasteiger partial charge in [-0.05, 0) is 19.1 Å². The first-order chi connectivity index (χ1) is 8.38. The highest BCUT2D eigenvalue weighted by molar-refractivity contribution is 6.34. The number of hydrogen-bond donors (Lipinski definition) is 3. The van der Waals surface area contributed by atoms with E-state index < -0.39 is 12.1 Å². The van der Waals surface area contributed by atoms with Crippen LogP contribution >= 0.6 is 23.2 Å². The molecule has 1 unspecified atom stereocenters. The zero-order valence-electron chi connectivity index (χ0n) is 9.41. The minimum atomic E-state index is -1.18. The molecule has 1 aromatic rings. The van der Waals surface area contributed by atoms with E-state index in [1.54, 1.807) is 6.92 Å². The third-order valence-corrected chi connectivity index (χ3v) is 2.45. The van der Waals surface area contributed by atoms with Gasteiger partial charge in [0.25, 0.3) is 0 Å². The van der Waals surface area contributed by atoms with Gasteiger partial charge in [0.2, 0.25) is 5.91 Å². The first-order valence-corrected chi connectivity index (χ1v) is 5.75. The van der Waals surface area contributed by atoms with Gasteiger partial charge in [-0.15, -0.1) is 0 Å². The molecular weight excluding hydrogens is 281 g/mol. The number of nitrogens with one attached hydrogen (secondary N) is 2. The molecule has 0 spiro atoms. The number of aromatic nitrogens is 1. The molecule has 0 fully saturated rings. The summed E-state index contributed by atoms with van der Waals surface area (Å²) < 4.78 is 0. The molecule has 98 valence electrons. The molecular formula is C10H11Cl2N3O3. The maximum absolute atomic E-state index is 11.6. The molecule has 0 aliphatic rings. The highest BCUT2D eigenvalue weighted by Gasteiger charge is 2.12. The quantitative estimate of drug-likeness (QED) is 0.743. The van der Waals surface area contributed by atoms with Crippen molar-refractivity contribution in [1.29, 1.82) is 0 Å². The summed E-state index contributed by atoms with van der Waals surface area (Å²) in [5.74, 6) is -0.373. The highest BCUT2D eigenvalue weighted by atomic mass is 35.5. The summed E-state index contributed by atoms with van der Waals surface area (Å²) in [6.07, 6.45) is -1.19. The Kier molecular flexibility index (Phi) is 5.18. The van der Waals surface area contributed by atoms with Crippen molar-refractivity contribution in [2.45, 2.75) is 19.4 Å². The SMILES string of the molecule is CC(CC(=O)Nc1ccc(Cl)nc1Cl)NC(=O)O. The van der Waals surface area contributed by atoms with Crippen molar-refractivity contribution in [3.05, 3.63) is 22.4 Å². The highest BCUT2D eigenvalue weighted by Crippen LogP contribution is 2.21. The fourth-order valence-corrected chi connectivity index (χ4v) is 1.64. The predicted molar refractivity (Wildman–Crippen MR) is 68.1 cm³/mol. The van der Waals surface area contributed by atoms with Crippen LogP contribution in [0.15, 0.2) is 12.1 Å². The van der Waals surface area contributed by atoms with Crippen LogP contribution in [0.3, 0.4) is 0 Å². The van der Waals surface area contributed by atoms with Crippen LogP contribution in [0.2, 0.25) is 10.3 Å². The lowest BCUT2D eigenvalue weighted by molar-refractivity contribution is -0.116. The molecule has 0 saturated carbocycles. The molecule has 0 aliphatic carbocycles. The molecule has 1 rings (SSSR count). The van der Waals surface area contributed by atoms with Crippen molar-refractivity contribution in [3.63, 3.8) is 0 Å². The van der Waals surface area contributed by atoms with Crippen LogP contribution in [0.4, 0.5) is 10.5 Å². The number of hydrogen-bond acceptors (Lipinski definition) is 3. The summed E-state index contributed by atoms with van der Waals surface area (Å²) in [7, 11) is 0. The van der Waals surface area contributed by atoms with Crippen molar-refractivity contribution < 1.29 is 14.7 Å². The monoisotopic (exact) mass is 291 g/mol. The summed E-state index contributed by atoms with van der Waals surface area (Å²) >= 11 is 11.4. The fourth-order valence-electron chi connectivity index (χ4n) is 1.25. The van der Waals surface area contributed by atoms with Crippen molar-refractivity contribution in [1.82, 2.24) is 10.3 Å². The van der Waals surface area contributed by atoms with Gasteiger partial charge in [0.05, 0.1) is 5.69 Å². The van der Waals surface area contributed by atoms with E-state index >= 15 is 0 Å². The van der Waals surface area contributed by atoms with Gasteiger partial charge in [-0.1, -0.05) is 23.2 Å². The van der Waals surface area contributed by atoms with Gasteiger partial charge in [-0.3, -0.25) is 4.79 Å². The first-order valence-electron chi connectivity index (χ1n) is 5.00. The average Bonchev–Trinajstić information content (AvgIpc) is 2.20. The summed E-state index contributed by atoms with van der Waals surface area (Å²) in [5.41, 5.74) is 0.327. The Labute approximate surface area is 113 Å². The van der Waals surface area contributed by atoms with Crippen molar-refractivity contribution >= 4 is 40.9 Å². The van der Waals surface area contributed by atoms with Crippen LogP contribution < -0.4 is 10.6 Å². The van der Waals surface area contributed by atoms with Gasteiger partial charge >= 0.3 is 6.09 Å². The average molecular weight is 292 g/mol. The van der Waals surface area contributed by atoms with E-state index in [0.717, 1.165) is 0 Å². The molecule has 3 N–H and O–H groups in total. The van der Waals surface area contributed by atoms with Crippen molar-refractivity contribution in [2.75, 3.05) is 5.32 Å². The largest absolute Gasteiger partial charge is 0.465 e. The van der Waals surface area contributed by atoms with Crippen LogP contribution in [-0.4, -0.2) is 28.1 Å². The van der Waals surface area contributed by atoms with Gasteiger partial charge in [0, 0.05) is 12.5 Å². The van der Waals surface area contributed by atoms with E-state index in [9.17, 15) is 9.59 Å². The smallest absolute Gasteiger partial charge is 0.404 e. The van der Waals surface area contributed by atoms with E-state index in [2.05, 4.69) is 15.6 Å². The summed E-state index contributed by atoms with van der Waals surface area (Å²) in [5, 5.41) is 13.5. The zero-order valence-corrected chi connectivity index (χ0v) is 10.9. The third kappa shape index (κ3) is 4.77. The maximum Gasteiger partial charge on any atom is 0.404 e. The lowest BCUT2D eigenvalue weighted by Gasteiger charge is -2.11. The number of anilines is 1. The molecule has 1 atom stereocenters. The Morgan fingerprint density at radius 2 is 2.11 bits per heavy atom. The van der Waals surface area contributed by atoms with Crippen LogP contribution in [-0.2, 0) is 4.79 Å². The minimum Gasteiger partial charge on any atom is -0.465 e. The molecule has 1 aromatic heterocycles. The molecule has 18 heavy (non-hydrogen) atoms. The van der Waals surface area contributed by atoms with Crippen LogP contribution in [0.1, 0.15) is 13.3 Å². The van der Waals surface area contributed by atoms with Gasteiger partial charge in [-0.25, -0.2) is 9.78 Å². The van der Waals surface area contributed by atoms with E-state index in [1.807, 2.05) is 0 Å². The molecule has 0 aliphatic heterocycles. The number of pyridine rings is 1. The van der Waals surface area contributed by atoms with E-state index in [4.69, 9.17) is 28.3 Å². The fraction of sp³-hybridized carbons (Fsp3) is 0.300. The molecule has 2 amide bonds. The van der Waals surface area contributed by atoms with Crippen LogP contribution in [0.5, 0.6) is 0 Å². The Morgan fingerprint density at radius 3 is 2.67 bits per heavy atom. The minimum absolute atomic E-state index is 0.00868. The Balaban J connectivity index is 2.56. The summed E-state index contributed by atoms with van der Waals surface area (Å²) in [6, 6.07) is 2.51. The summed E-state index contributed by atoms with van der Waals surface area (Å²) in [6.45, 7) is 1.58. The lowest BCUT2D eigenvalue weighted by Crippen LogP contribution is -2.34. The molecule has 8 heteroatoms. The molecule has 0 aromatic carbocycles. The second-order valence-corrected chi connectivity index (χ2v) is 4.32. The number of amides is 2. The molecule has 0 saturated heterocycles. The molecule has 0 bridgehead atoms. The van der Waals surface area contributed by atoms with Crippen LogP contribution in [0.25, 0.3) is 0 Å². The number of nitrogens with zero attached hydrogens (tertiary/aromatic N) is 1. The molecule has 1 heterocycles. The second kappa shape index (κ2) is 6.42. The second-order valence-electron chi connectivity index (χ2n) is 3.58. The van der Waals surface area contributed by atoms with Gasteiger partial charge in [0.15, 0.2) is 5.15 Å². The topological polar surface area (TPSA) is 91.3 Å². The third-order valence-electron chi connectivity index (χ3n) is 1.95. The van der Waals surface area contributed by atoms with Crippen LogP contribution in [0, 0.1) is 0 Å². The number of rotatable bonds is 4. The number of halogens is 2. The summed E-state index contributed by atoms with van der Waals surface area (Å²) in [4.78, 5) is 25.7. The van der Waals surface area contributed by atoms with Gasteiger partial charge in [0.1, 0.15) is 5.15 Å². The molecule has 0 radical (unpaired) electrons. The van der Waals surface area contributed by atoms with Gasteiger partial charge in [-0.2, -0.15) is 0 Å². The maximum atomic E-state index is 11.6. The lowest BCUT2D eigenvalue weighted by atomic mass is 10.2. The van der Waals surface area contributed by atoms with E-state index in [0.29, 0.717) is 5.69 Å². The number of carboxylic acid groups (broad SMARTS) is 1. The number of carbonyl (C=O) groups excluding carboxylic acids is 1. The predicted octanol–water partition coefficient (Wildman–Crippen LogP) is 2.37. The normalized spacial score (nSPS) is 11.7. The van der Waals surface area contributed by atoms with Crippen molar-refractivity contribution in [2.24, 2.45) is 0 Å².